The minimum Gasteiger partial charge on any atom is -0.305 e. The van der Waals surface area contributed by atoms with Gasteiger partial charge in [-0.15, -0.1) is 0 Å². The number of pyridine rings is 1. The summed E-state index contributed by atoms with van der Waals surface area (Å²) in [6.07, 6.45) is 1.70. The fourth-order valence-electron chi connectivity index (χ4n) is 2.47. The Morgan fingerprint density at radius 3 is 2.64 bits per heavy atom. The van der Waals surface area contributed by atoms with Crippen molar-refractivity contribution in [1.82, 2.24) is 14.8 Å². The summed E-state index contributed by atoms with van der Waals surface area (Å²) in [5.41, 5.74) is 0.447. The maximum absolute atomic E-state index is 13.5. The highest BCUT2D eigenvalue weighted by Gasteiger charge is 2.12. The Kier molecular flexibility index (Phi) is 5.22. The van der Waals surface area contributed by atoms with Crippen molar-refractivity contribution in [3.8, 4) is 6.07 Å². The van der Waals surface area contributed by atoms with Crippen molar-refractivity contribution < 1.29 is 13.6 Å². The molecule has 9 heteroatoms. The van der Waals surface area contributed by atoms with Crippen LogP contribution < -0.4 is 10.9 Å². The number of amides is 1. The number of rotatable bonds is 4. The highest BCUT2D eigenvalue weighted by molar-refractivity contribution is 6.02. The summed E-state index contributed by atoms with van der Waals surface area (Å²) in [5, 5.41) is 15.2. The molecular weight excluding hydrogens is 368 g/mol. The van der Waals surface area contributed by atoms with Gasteiger partial charge in [0.1, 0.15) is 17.6 Å². The largest absolute Gasteiger partial charge is 0.305 e. The predicted octanol–water partition coefficient (Wildman–Crippen LogP) is 2.17. The standard InChI is InChI=1S/C19H13F2N5O2/c1-26-17(27)5-3-15(25-26)19(28)24-16-4-2-11(10-23-16)6-12-7-13(9-22)18(21)14(20)8-12/h2-5,7-8,10H,6H2,1H3,(H,23,24,28). The Labute approximate surface area is 157 Å². The predicted molar refractivity (Wildman–Crippen MR) is 95.5 cm³/mol. The fraction of sp³-hybridized carbons (Fsp3) is 0.105. The van der Waals surface area contributed by atoms with Crippen LogP contribution in [0.25, 0.3) is 0 Å². The van der Waals surface area contributed by atoms with Crippen LogP contribution in [-0.2, 0) is 13.5 Å². The number of benzene rings is 1. The molecule has 3 rings (SSSR count). The van der Waals surface area contributed by atoms with Crippen LogP contribution in [0.1, 0.15) is 27.2 Å². The molecule has 2 aromatic heterocycles. The van der Waals surface area contributed by atoms with Crippen molar-refractivity contribution in [2.24, 2.45) is 7.05 Å². The van der Waals surface area contributed by atoms with Gasteiger partial charge in [0.05, 0.1) is 5.56 Å². The van der Waals surface area contributed by atoms with Crippen LogP contribution in [0.4, 0.5) is 14.6 Å². The lowest BCUT2D eigenvalue weighted by Crippen LogP contribution is -2.23. The van der Waals surface area contributed by atoms with Crippen molar-refractivity contribution in [3.05, 3.63) is 87.0 Å². The van der Waals surface area contributed by atoms with Gasteiger partial charge in [0, 0.05) is 19.3 Å². The zero-order chi connectivity index (χ0) is 20.3. The fourth-order valence-corrected chi connectivity index (χ4v) is 2.47. The molecule has 3 aromatic rings. The van der Waals surface area contributed by atoms with Gasteiger partial charge in [0.15, 0.2) is 11.6 Å². The van der Waals surface area contributed by atoms with E-state index >= 15 is 0 Å². The zero-order valence-corrected chi connectivity index (χ0v) is 14.6. The van der Waals surface area contributed by atoms with E-state index in [4.69, 9.17) is 5.26 Å². The van der Waals surface area contributed by atoms with Gasteiger partial charge in [-0.05, 0) is 41.8 Å². The lowest BCUT2D eigenvalue weighted by Gasteiger charge is -2.07. The highest BCUT2D eigenvalue weighted by Crippen LogP contribution is 2.18. The van der Waals surface area contributed by atoms with Crippen LogP contribution in [0.2, 0.25) is 0 Å². The molecule has 0 aliphatic rings. The normalized spacial score (nSPS) is 10.4. The van der Waals surface area contributed by atoms with E-state index in [-0.39, 0.29) is 29.1 Å². The molecule has 0 atom stereocenters. The number of hydrogen-bond donors (Lipinski definition) is 1. The Hall–Kier alpha value is -3.93. The van der Waals surface area contributed by atoms with Gasteiger partial charge in [-0.2, -0.15) is 10.4 Å². The summed E-state index contributed by atoms with van der Waals surface area (Å²) in [6.45, 7) is 0. The Balaban J connectivity index is 1.72. The molecule has 140 valence electrons. The molecule has 0 aliphatic heterocycles. The van der Waals surface area contributed by atoms with Gasteiger partial charge in [-0.1, -0.05) is 6.07 Å². The SMILES string of the molecule is Cn1nc(C(=O)Nc2ccc(Cc3cc(F)c(F)c(C#N)c3)cn2)ccc1=O. The number of hydrogen-bond acceptors (Lipinski definition) is 5. The van der Waals surface area contributed by atoms with E-state index in [2.05, 4.69) is 15.4 Å². The summed E-state index contributed by atoms with van der Waals surface area (Å²) in [6, 6.07) is 9.65. The Bertz CT molecular complexity index is 1150. The quantitative estimate of drug-likeness (QED) is 0.746. The van der Waals surface area contributed by atoms with E-state index in [9.17, 15) is 18.4 Å². The second-order valence-electron chi connectivity index (χ2n) is 5.91. The molecule has 0 saturated heterocycles. The Morgan fingerprint density at radius 2 is 2.00 bits per heavy atom. The van der Waals surface area contributed by atoms with Gasteiger partial charge in [0.25, 0.3) is 11.5 Å². The summed E-state index contributed by atoms with van der Waals surface area (Å²) in [4.78, 5) is 27.6. The molecule has 0 saturated carbocycles. The van der Waals surface area contributed by atoms with Crippen LogP contribution in [0.3, 0.4) is 0 Å². The van der Waals surface area contributed by atoms with Crippen molar-refractivity contribution in [2.45, 2.75) is 6.42 Å². The number of nitriles is 1. The van der Waals surface area contributed by atoms with Gasteiger partial charge < -0.3 is 5.32 Å². The van der Waals surface area contributed by atoms with E-state index in [1.165, 1.54) is 31.4 Å². The van der Waals surface area contributed by atoms with E-state index < -0.39 is 17.5 Å². The van der Waals surface area contributed by atoms with Gasteiger partial charge >= 0.3 is 0 Å². The average molecular weight is 381 g/mol. The molecule has 2 heterocycles. The van der Waals surface area contributed by atoms with Crippen LogP contribution in [-0.4, -0.2) is 20.7 Å². The summed E-state index contributed by atoms with van der Waals surface area (Å²) >= 11 is 0. The minimum atomic E-state index is -1.17. The first-order valence-corrected chi connectivity index (χ1v) is 8.06. The lowest BCUT2D eigenvalue weighted by molar-refractivity contribution is 0.101. The van der Waals surface area contributed by atoms with Crippen molar-refractivity contribution in [3.63, 3.8) is 0 Å². The number of aryl methyl sites for hydroxylation is 1. The molecule has 0 bridgehead atoms. The maximum Gasteiger partial charge on any atom is 0.277 e. The third-order valence-electron chi connectivity index (χ3n) is 3.88. The second-order valence-corrected chi connectivity index (χ2v) is 5.91. The lowest BCUT2D eigenvalue weighted by atomic mass is 10.0. The minimum absolute atomic E-state index is 0.0544. The second kappa shape index (κ2) is 7.75. The molecule has 0 unspecified atom stereocenters. The van der Waals surface area contributed by atoms with Crippen molar-refractivity contribution in [1.29, 1.82) is 5.26 Å². The number of aromatic nitrogens is 3. The highest BCUT2D eigenvalue weighted by atomic mass is 19.2. The van der Waals surface area contributed by atoms with E-state index in [1.807, 2.05) is 0 Å². The first-order chi connectivity index (χ1) is 13.4. The molecular formula is C19H13F2N5O2. The number of carbonyl (C=O) groups is 1. The summed E-state index contributed by atoms with van der Waals surface area (Å²) < 4.78 is 28.0. The molecule has 7 nitrogen and oxygen atoms in total. The number of nitrogens with one attached hydrogen (secondary N) is 1. The zero-order valence-electron chi connectivity index (χ0n) is 14.6. The number of halogens is 2. The van der Waals surface area contributed by atoms with Crippen molar-refractivity contribution >= 4 is 11.7 Å². The Morgan fingerprint density at radius 1 is 1.21 bits per heavy atom. The first kappa shape index (κ1) is 18.8. The van der Waals surface area contributed by atoms with Gasteiger partial charge in [0.2, 0.25) is 0 Å². The van der Waals surface area contributed by atoms with Gasteiger partial charge in [-0.3, -0.25) is 9.59 Å². The average Bonchev–Trinajstić information content (AvgIpc) is 2.68. The topological polar surface area (TPSA) is 101 Å². The number of anilines is 1. The molecule has 1 N–H and O–H groups in total. The third-order valence-corrected chi connectivity index (χ3v) is 3.88. The molecule has 0 fully saturated rings. The van der Waals surface area contributed by atoms with E-state index in [0.29, 0.717) is 11.1 Å². The third kappa shape index (κ3) is 4.07. The smallest absolute Gasteiger partial charge is 0.277 e. The van der Waals surface area contributed by atoms with Crippen molar-refractivity contribution in [2.75, 3.05) is 5.32 Å². The summed E-state index contributed by atoms with van der Waals surface area (Å²) in [5.74, 6) is -2.53. The molecule has 28 heavy (non-hydrogen) atoms. The van der Waals surface area contributed by atoms with E-state index in [1.54, 1.807) is 18.2 Å². The van der Waals surface area contributed by atoms with Gasteiger partial charge in [-0.25, -0.2) is 18.4 Å². The number of carbonyl (C=O) groups excluding carboxylic acids is 1. The molecule has 0 aliphatic carbocycles. The molecule has 1 amide bonds. The first-order valence-electron chi connectivity index (χ1n) is 8.06. The number of nitrogens with zero attached hydrogens (tertiary/aromatic N) is 4. The molecule has 1 aromatic carbocycles. The van der Waals surface area contributed by atoms with Crippen LogP contribution >= 0.6 is 0 Å². The van der Waals surface area contributed by atoms with Crippen LogP contribution in [0.15, 0.2) is 47.4 Å². The summed E-state index contributed by atoms with van der Waals surface area (Å²) in [7, 11) is 1.43. The van der Waals surface area contributed by atoms with Crippen LogP contribution in [0, 0.1) is 23.0 Å². The van der Waals surface area contributed by atoms with E-state index in [0.717, 1.165) is 10.7 Å². The molecule has 0 spiro atoms. The molecule has 0 radical (unpaired) electrons. The monoisotopic (exact) mass is 381 g/mol. The maximum atomic E-state index is 13.5. The van der Waals surface area contributed by atoms with Crippen LogP contribution in [0.5, 0.6) is 0 Å².